The number of methoxy groups -OCH3 is 1. The Kier molecular flexibility index (Phi) is 8.72. The Morgan fingerprint density at radius 1 is 1.18 bits per heavy atom. The van der Waals surface area contributed by atoms with Crippen LogP contribution in [0.15, 0.2) is 23.1 Å². The quantitative estimate of drug-likeness (QED) is 0.631. The number of ether oxygens (including phenoxy) is 2. The molecule has 0 saturated carbocycles. The second-order valence-electron chi connectivity index (χ2n) is 7.24. The summed E-state index contributed by atoms with van der Waals surface area (Å²) in [5.41, 5.74) is 0.287. The van der Waals surface area contributed by atoms with Crippen LogP contribution >= 0.6 is 0 Å². The molecule has 0 aromatic heterocycles. The maximum Gasteiger partial charge on any atom is 0.257 e. The number of nitrogens with one attached hydrogen (secondary N) is 1. The first-order valence-electron chi connectivity index (χ1n) is 9.93. The summed E-state index contributed by atoms with van der Waals surface area (Å²) in [6, 6.07) is 4.42. The van der Waals surface area contributed by atoms with Crippen LogP contribution in [0.4, 0.5) is 0 Å². The highest BCUT2D eigenvalue weighted by atomic mass is 32.2. The lowest BCUT2D eigenvalue weighted by Crippen LogP contribution is -2.32. The lowest BCUT2D eigenvalue weighted by atomic mass is 10.1. The molecule has 1 aromatic carbocycles. The second-order valence-corrected chi connectivity index (χ2v) is 9.01. The van der Waals surface area contributed by atoms with Crippen LogP contribution in [-0.2, 0) is 14.8 Å². The summed E-state index contributed by atoms with van der Waals surface area (Å²) in [4.78, 5) is 14.8. The van der Waals surface area contributed by atoms with Crippen LogP contribution in [0.1, 0.15) is 56.3 Å². The average Bonchev–Trinajstić information content (AvgIpc) is 2.95. The smallest absolute Gasteiger partial charge is 0.257 e. The molecule has 0 bridgehead atoms. The molecule has 1 aliphatic rings. The van der Waals surface area contributed by atoms with Crippen molar-refractivity contribution in [3.8, 4) is 5.75 Å². The van der Waals surface area contributed by atoms with Gasteiger partial charge >= 0.3 is 0 Å². The van der Waals surface area contributed by atoms with Crippen molar-refractivity contribution in [2.75, 3.05) is 33.4 Å². The number of hydrogen-bond donors (Lipinski definition) is 1. The van der Waals surface area contributed by atoms with E-state index >= 15 is 0 Å². The summed E-state index contributed by atoms with van der Waals surface area (Å²) in [5, 5.41) is 0. The molecule has 1 saturated heterocycles. The fourth-order valence-corrected chi connectivity index (χ4v) is 4.25. The zero-order valence-corrected chi connectivity index (χ0v) is 17.9. The number of benzene rings is 1. The molecular formula is C20H32N2O5S. The van der Waals surface area contributed by atoms with Gasteiger partial charge in [0.15, 0.2) is 0 Å². The van der Waals surface area contributed by atoms with Crippen LogP contribution in [-0.4, -0.2) is 58.7 Å². The highest BCUT2D eigenvalue weighted by Gasteiger charge is 2.24. The van der Waals surface area contributed by atoms with E-state index in [1.165, 1.54) is 19.2 Å². The number of likely N-dealkylation sites (tertiary alicyclic amines) is 1. The first-order chi connectivity index (χ1) is 13.3. The van der Waals surface area contributed by atoms with Crippen LogP contribution in [0.3, 0.4) is 0 Å². The van der Waals surface area contributed by atoms with Crippen molar-refractivity contribution in [3.05, 3.63) is 23.8 Å². The zero-order chi connectivity index (χ0) is 20.6. The lowest BCUT2D eigenvalue weighted by Gasteiger charge is -2.22. The number of hydrogen-bond acceptors (Lipinski definition) is 5. The summed E-state index contributed by atoms with van der Waals surface area (Å²) >= 11 is 0. The summed E-state index contributed by atoms with van der Waals surface area (Å²) in [5.74, 6) is 0.208. The van der Waals surface area contributed by atoms with Gasteiger partial charge in [0.05, 0.1) is 23.7 Å². The lowest BCUT2D eigenvalue weighted by molar-refractivity contribution is 0.0757. The van der Waals surface area contributed by atoms with E-state index in [0.717, 1.165) is 25.7 Å². The number of carbonyl (C=O) groups excluding carboxylic acids is 1. The Labute approximate surface area is 168 Å². The van der Waals surface area contributed by atoms with Crippen LogP contribution in [0, 0.1) is 0 Å². The van der Waals surface area contributed by atoms with Crippen molar-refractivity contribution in [1.82, 2.24) is 9.62 Å². The molecule has 0 radical (unpaired) electrons. The van der Waals surface area contributed by atoms with Crippen LogP contribution in [0.2, 0.25) is 0 Å². The van der Waals surface area contributed by atoms with E-state index in [-0.39, 0.29) is 29.0 Å². The van der Waals surface area contributed by atoms with E-state index in [0.29, 0.717) is 31.9 Å². The van der Waals surface area contributed by atoms with Crippen molar-refractivity contribution in [1.29, 1.82) is 0 Å². The molecule has 0 unspecified atom stereocenters. The molecule has 0 spiro atoms. The highest BCUT2D eigenvalue weighted by Crippen LogP contribution is 2.25. The molecule has 1 amide bonds. The zero-order valence-electron chi connectivity index (χ0n) is 17.1. The van der Waals surface area contributed by atoms with Gasteiger partial charge in [-0.25, -0.2) is 13.1 Å². The first kappa shape index (κ1) is 22.6. The predicted molar refractivity (Wildman–Crippen MR) is 108 cm³/mol. The van der Waals surface area contributed by atoms with E-state index in [1.807, 2.05) is 13.8 Å². The molecule has 8 heteroatoms. The topological polar surface area (TPSA) is 84.9 Å². The van der Waals surface area contributed by atoms with Gasteiger partial charge in [0, 0.05) is 26.2 Å². The van der Waals surface area contributed by atoms with E-state index < -0.39 is 10.0 Å². The SMILES string of the molecule is COc1ccc(S(=O)(=O)NCCCOC(C)C)cc1C(=O)N1CCCCCC1. The summed E-state index contributed by atoms with van der Waals surface area (Å²) in [7, 11) is -2.23. The van der Waals surface area contributed by atoms with Gasteiger partial charge < -0.3 is 14.4 Å². The number of amides is 1. The summed E-state index contributed by atoms with van der Waals surface area (Å²) in [6.45, 7) is 6.01. The molecule has 158 valence electrons. The minimum absolute atomic E-state index is 0.0660. The molecule has 1 heterocycles. The number of sulfonamides is 1. The third-order valence-electron chi connectivity index (χ3n) is 4.67. The first-order valence-corrected chi connectivity index (χ1v) is 11.4. The Hall–Kier alpha value is -1.64. The summed E-state index contributed by atoms with van der Waals surface area (Å²) < 4.78 is 38.5. The Balaban J connectivity index is 2.12. The van der Waals surface area contributed by atoms with E-state index in [1.54, 1.807) is 11.0 Å². The van der Waals surface area contributed by atoms with Gasteiger partial charge in [0.2, 0.25) is 10.0 Å². The van der Waals surface area contributed by atoms with E-state index in [2.05, 4.69) is 4.72 Å². The molecule has 0 atom stereocenters. The molecule has 1 N–H and O–H groups in total. The fraction of sp³-hybridized carbons (Fsp3) is 0.650. The molecule has 1 aromatic rings. The van der Waals surface area contributed by atoms with Crippen molar-refractivity contribution >= 4 is 15.9 Å². The average molecular weight is 413 g/mol. The third kappa shape index (κ3) is 6.46. The maximum absolute atomic E-state index is 13.0. The Morgan fingerprint density at radius 3 is 2.46 bits per heavy atom. The molecule has 28 heavy (non-hydrogen) atoms. The standard InChI is InChI=1S/C20H32N2O5S/c1-16(2)27-14-8-11-21-28(24,25)17-9-10-19(26-3)18(15-17)20(23)22-12-6-4-5-7-13-22/h9-10,15-16,21H,4-8,11-14H2,1-3H3. The van der Waals surface area contributed by atoms with Crippen molar-refractivity contribution in [2.45, 2.75) is 57.0 Å². The molecular weight excluding hydrogens is 380 g/mol. The number of nitrogens with zero attached hydrogens (tertiary/aromatic N) is 1. The van der Waals surface area contributed by atoms with E-state index in [9.17, 15) is 13.2 Å². The number of rotatable bonds is 9. The minimum Gasteiger partial charge on any atom is -0.496 e. The van der Waals surface area contributed by atoms with Crippen LogP contribution in [0.25, 0.3) is 0 Å². The minimum atomic E-state index is -3.71. The summed E-state index contributed by atoms with van der Waals surface area (Å²) in [6.07, 6.45) is 4.84. The Bertz CT molecular complexity index is 741. The molecule has 2 rings (SSSR count). The van der Waals surface area contributed by atoms with Crippen molar-refractivity contribution in [3.63, 3.8) is 0 Å². The van der Waals surface area contributed by atoms with Crippen molar-refractivity contribution < 1.29 is 22.7 Å². The monoisotopic (exact) mass is 412 g/mol. The third-order valence-corrected chi connectivity index (χ3v) is 6.13. The van der Waals surface area contributed by atoms with Gasteiger partial charge in [-0.1, -0.05) is 12.8 Å². The predicted octanol–water partition coefficient (Wildman–Crippen LogP) is 2.80. The van der Waals surface area contributed by atoms with Crippen molar-refractivity contribution in [2.24, 2.45) is 0 Å². The Morgan fingerprint density at radius 2 is 1.86 bits per heavy atom. The highest BCUT2D eigenvalue weighted by molar-refractivity contribution is 7.89. The fourth-order valence-electron chi connectivity index (χ4n) is 3.15. The van der Waals surface area contributed by atoms with Crippen LogP contribution in [0.5, 0.6) is 5.75 Å². The van der Waals surface area contributed by atoms with Crippen LogP contribution < -0.4 is 9.46 Å². The van der Waals surface area contributed by atoms with Gasteiger partial charge in [-0.15, -0.1) is 0 Å². The second kappa shape index (κ2) is 10.8. The largest absolute Gasteiger partial charge is 0.496 e. The van der Waals surface area contributed by atoms with Gasteiger partial charge in [-0.3, -0.25) is 4.79 Å². The molecule has 1 aliphatic heterocycles. The normalized spacial score (nSPS) is 15.5. The maximum atomic E-state index is 13.0. The van der Waals surface area contributed by atoms with Gasteiger partial charge in [0.25, 0.3) is 5.91 Å². The van der Waals surface area contributed by atoms with Gasteiger partial charge in [0.1, 0.15) is 5.75 Å². The van der Waals surface area contributed by atoms with Gasteiger partial charge in [-0.05, 0) is 51.3 Å². The molecule has 1 fully saturated rings. The molecule has 7 nitrogen and oxygen atoms in total. The molecule has 0 aliphatic carbocycles. The van der Waals surface area contributed by atoms with Gasteiger partial charge in [-0.2, -0.15) is 0 Å². The van der Waals surface area contributed by atoms with E-state index in [4.69, 9.17) is 9.47 Å². The number of carbonyl (C=O) groups is 1.